The molecule has 0 saturated carbocycles. The Hall–Kier alpha value is -0.650. The van der Waals surface area contributed by atoms with E-state index in [2.05, 4.69) is 42.3 Å². The standard InChI is InChI=1S/C15H36N4O/c1-18(2,3)13-7-11-17(15(20)9-10-16)12-8-14-19(4,5)6/h7-14,16H2,1-6H3/q+2. The van der Waals surface area contributed by atoms with E-state index in [4.69, 9.17) is 5.73 Å². The molecule has 0 aromatic heterocycles. The summed E-state index contributed by atoms with van der Waals surface area (Å²) in [5, 5.41) is 0. The van der Waals surface area contributed by atoms with E-state index < -0.39 is 0 Å². The second kappa shape index (κ2) is 8.60. The lowest BCUT2D eigenvalue weighted by molar-refractivity contribution is -0.870. The number of nitrogens with two attached hydrogens (primary N) is 1. The summed E-state index contributed by atoms with van der Waals surface area (Å²) in [7, 11) is 13.1. The molecule has 0 atom stereocenters. The van der Waals surface area contributed by atoms with Crippen LogP contribution in [0.5, 0.6) is 0 Å². The van der Waals surface area contributed by atoms with Gasteiger partial charge in [0.05, 0.1) is 55.4 Å². The predicted molar refractivity (Wildman–Crippen MR) is 85.3 cm³/mol. The molecule has 120 valence electrons. The number of carbonyl (C=O) groups is 1. The third kappa shape index (κ3) is 11.2. The van der Waals surface area contributed by atoms with Crippen LogP contribution in [0.3, 0.4) is 0 Å². The molecule has 0 unspecified atom stereocenters. The monoisotopic (exact) mass is 288 g/mol. The summed E-state index contributed by atoms with van der Waals surface area (Å²) in [6.07, 6.45) is 2.56. The van der Waals surface area contributed by atoms with Crippen LogP contribution in [0.15, 0.2) is 0 Å². The maximum Gasteiger partial charge on any atom is 0.223 e. The van der Waals surface area contributed by atoms with E-state index in [0.717, 1.165) is 48.0 Å². The minimum absolute atomic E-state index is 0.204. The van der Waals surface area contributed by atoms with E-state index >= 15 is 0 Å². The lowest BCUT2D eigenvalue weighted by atomic mass is 10.2. The second-order valence-corrected chi connectivity index (χ2v) is 7.65. The van der Waals surface area contributed by atoms with Crippen LogP contribution in [-0.4, -0.2) is 94.8 Å². The van der Waals surface area contributed by atoms with Crippen LogP contribution in [0.4, 0.5) is 0 Å². The van der Waals surface area contributed by atoms with Gasteiger partial charge in [-0.25, -0.2) is 0 Å². The molecule has 0 radical (unpaired) electrons. The molecule has 20 heavy (non-hydrogen) atoms. The van der Waals surface area contributed by atoms with Crippen molar-refractivity contribution in [3.63, 3.8) is 0 Å². The number of rotatable bonds is 10. The maximum atomic E-state index is 12.1. The maximum absolute atomic E-state index is 12.1. The zero-order valence-corrected chi connectivity index (χ0v) is 14.5. The van der Waals surface area contributed by atoms with Gasteiger partial charge in [-0.1, -0.05) is 0 Å². The van der Waals surface area contributed by atoms with Gasteiger partial charge in [0.15, 0.2) is 0 Å². The molecule has 0 fully saturated rings. The zero-order valence-electron chi connectivity index (χ0n) is 14.5. The van der Waals surface area contributed by atoms with E-state index in [1.54, 1.807) is 0 Å². The number of nitrogens with zero attached hydrogens (tertiary/aromatic N) is 3. The summed E-state index contributed by atoms with van der Waals surface area (Å²) < 4.78 is 1.88. The minimum Gasteiger partial charge on any atom is -0.342 e. The number of quaternary nitrogens is 2. The Kier molecular flexibility index (Phi) is 8.32. The summed E-state index contributed by atoms with van der Waals surface area (Å²) in [6, 6.07) is 0. The van der Waals surface area contributed by atoms with E-state index in [1.807, 2.05) is 4.90 Å². The topological polar surface area (TPSA) is 46.3 Å². The fourth-order valence-corrected chi connectivity index (χ4v) is 2.11. The SMILES string of the molecule is C[N+](C)(C)CCCN(CCC[N+](C)(C)C)C(=O)CCN. The normalized spacial score (nSPS) is 12.6. The van der Waals surface area contributed by atoms with Gasteiger partial charge in [0.1, 0.15) is 0 Å². The number of amides is 1. The first kappa shape index (κ1) is 19.4. The summed E-state index contributed by atoms with van der Waals surface area (Å²) >= 11 is 0. The van der Waals surface area contributed by atoms with Gasteiger partial charge in [-0.2, -0.15) is 0 Å². The summed E-state index contributed by atoms with van der Waals surface area (Å²) in [4.78, 5) is 14.1. The Labute approximate surface area is 125 Å². The summed E-state index contributed by atoms with van der Waals surface area (Å²) in [6.45, 7) is 4.32. The Morgan fingerprint density at radius 3 is 1.60 bits per heavy atom. The lowest BCUT2D eigenvalue weighted by Gasteiger charge is -2.29. The smallest absolute Gasteiger partial charge is 0.223 e. The predicted octanol–water partition coefficient (Wildman–Crippen LogP) is 0.356. The highest BCUT2D eigenvalue weighted by Crippen LogP contribution is 2.03. The van der Waals surface area contributed by atoms with Crippen LogP contribution in [0, 0.1) is 0 Å². The fraction of sp³-hybridized carbons (Fsp3) is 0.933. The molecule has 0 aliphatic carbocycles. The quantitative estimate of drug-likeness (QED) is 0.590. The molecule has 2 N–H and O–H groups in total. The van der Waals surface area contributed by atoms with Gasteiger partial charge in [0.2, 0.25) is 5.91 Å². The fourth-order valence-electron chi connectivity index (χ4n) is 2.11. The number of hydrogen-bond donors (Lipinski definition) is 1. The van der Waals surface area contributed by atoms with Crippen LogP contribution in [0.1, 0.15) is 19.3 Å². The van der Waals surface area contributed by atoms with E-state index in [-0.39, 0.29) is 5.91 Å². The van der Waals surface area contributed by atoms with Crippen molar-refractivity contribution >= 4 is 5.91 Å². The second-order valence-electron chi connectivity index (χ2n) is 7.65. The molecule has 0 aromatic rings. The van der Waals surface area contributed by atoms with Crippen molar-refractivity contribution in [2.45, 2.75) is 19.3 Å². The van der Waals surface area contributed by atoms with Crippen molar-refractivity contribution in [3.8, 4) is 0 Å². The van der Waals surface area contributed by atoms with E-state index in [0.29, 0.717) is 13.0 Å². The zero-order chi connectivity index (χ0) is 15.8. The molecule has 0 aliphatic rings. The van der Waals surface area contributed by atoms with Gasteiger partial charge in [-0.15, -0.1) is 0 Å². The van der Waals surface area contributed by atoms with Gasteiger partial charge in [-0.05, 0) is 0 Å². The first-order valence-corrected chi connectivity index (χ1v) is 7.64. The highest BCUT2D eigenvalue weighted by molar-refractivity contribution is 5.76. The minimum atomic E-state index is 0.204. The Morgan fingerprint density at radius 2 is 1.30 bits per heavy atom. The van der Waals surface area contributed by atoms with E-state index in [9.17, 15) is 4.79 Å². The first-order valence-electron chi connectivity index (χ1n) is 7.64. The van der Waals surface area contributed by atoms with Crippen LogP contribution >= 0.6 is 0 Å². The first-order chi connectivity index (χ1) is 9.05. The van der Waals surface area contributed by atoms with Crippen molar-refractivity contribution in [2.75, 3.05) is 75.0 Å². The van der Waals surface area contributed by atoms with Crippen molar-refractivity contribution in [1.82, 2.24) is 4.90 Å². The average molecular weight is 288 g/mol. The molecular formula is C15H36N4O+2. The third-order valence-corrected chi connectivity index (χ3v) is 3.22. The van der Waals surface area contributed by atoms with Crippen molar-refractivity contribution in [2.24, 2.45) is 5.73 Å². The van der Waals surface area contributed by atoms with Crippen LogP contribution in [-0.2, 0) is 4.79 Å². The Bertz CT molecular complexity index is 259. The van der Waals surface area contributed by atoms with Gasteiger partial charge in [0, 0.05) is 38.9 Å². The molecule has 0 heterocycles. The largest absolute Gasteiger partial charge is 0.342 e. The van der Waals surface area contributed by atoms with Crippen molar-refractivity contribution < 1.29 is 13.8 Å². The molecular weight excluding hydrogens is 252 g/mol. The molecule has 0 saturated heterocycles. The van der Waals surface area contributed by atoms with Crippen molar-refractivity contribution in [1.29, 1.82) is 0 Å². The Balaban J connectivity index is 4.24. The molecule has 0 aromatic carbocycles. The van der Waals surface area contributed by atoms with Gasteiger partial charge < -0.3 is 19.6 Å². The molecule has 5 heteroatoms. The van der Waals surface area contributed by atoms with Crippen molar-refractivity contribution in [3.05, 3.63) is 0 Å². The van der Waals surface area contributed by atoms with Crippen LogP contribution in [0.25, 0.3) is 0 Å². The molecule has 1 amide bonds. The van der Waals surface area contributed by atoms with Crippen LogP contribution in [0.2, 0.25) is 0 Å². The Morgan fingerprint density at radius 1 is 0.900 bits per heavy atom. The lowest BCUT2D eigenvalue weighted by Crippen LogP contribution is -2.41. The molecule has 0 spiro atoms. The van der Waals surface area contributed by atoms with Crippen LogP contribution < -0.4 is 5.73 Å². The highest BCUT2D eigenvalue weighted by atomic mass is 16.2. The van der Waals surface area contributed by atoms with Gasteiger partial charge in [-0.3, -0.25) is 4.79 Å². The molecule has 0 aliphatic heterocycles. The molecule has 0 rings (SSSR count). The number of hydrogen-bond acceptors (Lipinski definition) is 2. The molecule has 0 bridgehead atoms. The highest BCUT2D eigenvalue weighted by Gasteiger charge is 2.16. The van der Waals surface area contributed by atoms with Gasteiger partial charge >= 0.3 is 0 Å². The summed E-state index contributed by atoms with van der Waals surface area (Å²) in [5.41, 5.74) is 5.51. The molecule has 5 nitrogen and oxygen atoms in total. The average Bonchev–Trinajstić information content (AvgIpc) is 2.24. The third-order valence-electron chi connectivity index (χ3n) is 3.22. The van der Waals surface area contributed by atoms with E-state index in [1.165, 1.54) is 0 Å². The summed E-state index contributed by atoms with van der Waals surface area (Å²) in [5.74, 6) is 0.204. The number of carbonyl (C=O) groups excluding carboxylic acids is 1. The van der Waals surface area contributed by atoms with Gasteiger partial charge in [0.25, 0.3) is 0 Å².